The molecular weight excluding hydrogens is 178 g/mol. The van der Waals surface area contributed by atoms with Crippen molar-refractivity contribution in [2.24, 2.45) is 0 Å². The zero-order chi connectivity index (χ0) is 9.97. The number of benzene rings is 1. The Hall–Kier alpha value is -1.35. The Morgan fingerprint density at radius 1 is 1.50 bits per heavy atom. The summed E-state index contributed by atoms with van der Waals surface area (Å²) in [5, 5.41) is 11.3. The summed E-state index contributed by atoms with van der Waals surface area (Å²) >= 11 is 0. The topological polar surface area (TPSA) is 49.3 Å². The van der Waals surface area contributed by atoms with Gasteiger partial charge < -0.3 is 10.4 Å². The predicted molar refractivity (Wildman–Crippen MR) is 53.0 cm³/mol. The van der Waals surface area contributed by atoms with Crippen molar-refractivity contribution in [2.75, 3.05) is 13.2 Å². The fraction of sp³-hybridized carbons (Fsp3) is 0.364. The zero-order valence-corrected chi connectivity index (χ0v) is 7.86. The van der Waals surface area contributed by atoms with Gasteiger partial charge in [-0.2, -0.15) is 0 Å². The molecule has 0 fully saturated rings. The molecule has 14 heavy (non-hydrogen) atoms. The summed E-state index contributed by atoms with van der Waals surface area (Å²) in [6, 6.07) is 7.97. The highest BCUT2D eigenvalue weighted by molar-refractivity contribution is 5.86. The molecule has 1 aromatic carbocycles. The van der Waals surface area contributed by atoms with Gasteiger partial charge in [-0.3, -0.25) is 4.79 Å². The summed E-state index contributed by atoms with van der Waals surface area (Å²) < 4.78 is 0. The van der Waals surface area contributed by atoms with Gasteiger partial charge in [-0.05, 0) is 17.5 Å². The van der Waals surface area contributed by atoms with Crippen LogP contribution >= 0.6 is 0 Å². The van der Waals surface area contributed by atoms with Crippen molar-refractivity contribution in [1.29, 1.82) is 0 Å². The molecule has 0 saturated heterocycles. The monoisotopic (exact) mass is 191 g/mol. The van der Waals surface area contributed by atoms with Gasteiger partial charge >= 0.3 is 0 Å². The smallest absolute Gasteiger partial charge is 0.227 e. The van der Waals surface area contributed by atoms with Crippen molar-refractivity contribution in [2.45, 2.75) is 12.3 Å². The second-order valence-corrected chi connectivity index (χ2v) is 3.47. The van der Waals surface area contributed by atoms with Crippen molar-refractivity contribution >= 4 is 5.91 Å². The van der Waals surface area contributed by atoms with Crippen LogP contribution in [0.1, 0.15) is 17.0 Å². The maximum atomic E-state index is 11.5. The molecule has 0 aromatic heterocycles. The van der Waals surface area contributed by atoms with Crippen LogP contribution < -0.4 is 5.32 Å². The van der Waals surface area contributed by atoms with Gasteiger partial charge in [0.25, 0.3) is 0 Å². The average molecular weight is 191 g/mol. The fourth-order valence-electron chi connectivity index (χ4n) is 1.80. The Morgan fingerprint density at radius 2 is 2.29 bits per heavy atom. The van der Waals surface area contributed by atoms with E-state index in [4.69, 9.17) is 5.11 Å². The van der Waals surface area contributed by atoms with Crippen molar-refractivity contribution in [1.82, 2.24) is 5.32 Å². The van der Waals surface area contributed by atoms with E-state index in [0.29, 0.717) is 6.54 Å². The van der Waals surface area contributed by atoms with Crippen molar-refractivity contribution in [3.63, 3.8) is 0 Å². The first kappa shape index (κ1) is 9.21. The van der Waals surface area contributed by atoms with Crippen LogP contribution in [0, 0.1) is 0 Å². The molecule has 74 valence electrons. The fourth-order valence-corrected chi connectivity index (χ4v) is 1.80. The van der Waals surface area contributed by atoms with Crippen LogP contribution in [-0.2, 0) is 11.2 Å². The molecule has 0 heterocycles. The maximum Gasteiger partial charge on any atom is 0.227 e. The van der Waals surface area contributed by atoms with E-state index >= 15 is 0 Å². The number of hydrogen-bond donors (Lipinski definition) is 2. The molecule has 0 radical (unpaired) electrons. The van der Waals surface area contributed by atoms with E-state index in [1.54, 1.807) is 0 Å². The highest BCUT2D eigenvalue weighted by atomic mass is 16.3. The molecule has 2 N–H and O–H groups in total. The van der Waals surface area contributed by atoms with Crippen LogP contribution in [0.25, 0.3) is 0 Å². The molecule has 3 nitrogen and oxygen atoms in total. The summed E-state index contributed by atoms with van der Waals surface area (Å²) in [6.45, 7) is 0.345. The molecule has 1 aliphatic carbocycles. The molecule has 0 saturated carbocycles. The summed E-state index contributed by atoms with van der Waals surface area (Å²) in [5.74, 6) is 0.0236. The normalized spacial score (nSPS) is 18.2. The van der Waals surface area contributed by atoms with Crippen molar-refractivity contribution in [3.05, 3.63) is 35.4 Å². The number of aliphatic hydroxyl groups excluding tert-OH is 1. The third kappa shape index (κ3) is 1.51. The van der Waals surface area contributed by atoms with Gasteiger partial charge in [-0.1, -0.05) is 24.3 Å². The van der Waals surface area contributed by atoms with E-state index in [1.165, 1.54) is 5.56 Å². The lowest BCUT2D eigenvalue weighted by molar-refractivity contribution is -0.123. The number of carbonyl (C=O) groups excluding carboxylic acids is 1. The lowest BCUT2D eigenvalue weighted by Gasteiger charge is -2.28. The first-order valence-electron chi connectivity index (χ1n) is 4.79. The Bertz CT molecular complexity index is 349. The highest BCUT2D eigenvalue weighted by Crippen LogP contribution is 2.34. The van der Waals surface area contributed by atoms with Crippen LogP contribution in [0.15, 0.2) is 24.3 Å². The van der Waals surface area contributed by atoms with Crippen LogP contribution in [0.2, 0.25) is 0 Å². The van der Waals surface area contributed by atoms with E-state index in [-0.39, 0.29) is 18.4 Å². The molecule has 0 bridgehead atoms. The molecule has 1 amide bonds. The van der Waals surface area contributed by atoms with E-state index < -0.39 is 0 Å². The third-order valence-corrected chi connectivity index (χ3v) is 2.58. The van der Waals surface area contributed by atoms with Crippen molar-refractivity contribution < 1.29 is 9.90 Å². The lowest BCUT2D eigenvalue weighted by atomic mass is 9.77. The number of rotatable bonds is 3. The van der Waals surface area contributed by atoms with Crippen LogP contribution in [0.4, 0.5) is 0 Å². The predicted octanol–water partition coefficient (Wildman–Crippen LogP) is 0.435. The molecule has 3 heteroatoms. The molecular formula is C11H13NO2. The minimum absolute atomic E-state index is 0.000106. The molecule has 1 unspecified atom stereocenters. The SMILES string of the molecule is O=C(NCCO)C1Cc2ccccc21. The van der Waals surface area contributed by atoms with E-state index in [9.17, 15) is 4.79 Å². The number of hydrogen-bond acceptors (Lipinski definition) is 2. The molecule has 2 rings (SSSR count). The molecule has 0 aliphatic heterocycles. The van der Waals surface area contributed by atoms with Gasteiger partial charge in [0.2, 0.25) is 5.91 Å². The second-order valence-electron chi connectivity index (χ2n) is 3.47. The summed E-state index contributed by atoms with van der Waals surface area (Å²) in [4.78, 5) is 11.5. The highest BCUT2D eigenvalue weighted by Gasteiger charge is 2.31. The first-order chi connectivity index (χ1) is 6.83. The van der Waals surface area contributed by atoms with Gasteiger partial charge in [0.1, 0.15) is 0 Å². The average Bonchev–Trinajstić information content (AvgIpc) is 2.17. The molecule has 1 atom stereocenters. The zero-order valence-electron chi connectivity index (χ0n) is 7.86. The van der Waals surface area contributed by atoms with Crippen LogP contribution in [0.5, 0.6) is 0 Å². The van der Waals surface area contributed by atoms with Crippen LogP contribution in [-0.4, -0.2) is 24.2 Å². The largest absolute Gasteiger partial charge is 0.395 e. The minimum atomic E-state index is -0.00208. The number of nitrogens with one attached hydrogen (secondary N) is 1. The number of fused-ring (bicyclic) bond motifs is 1. The summed E-state index contributed by atoms with van der Waals surface area (Å²) in [7, 11) is 0. The van der Waals surface area contributed by atoms with E-state index in [1.807, 2.05) is 24.3 Å². The van der Waals surface area contributed by atoms with Crippen molar-refractivity contribution in [3.8, 4) is 0 Å². The summed E-state index contributed by atoms with van der Waals surface area (Å²) in [5.41, 5.74) is 2.39. The lowest BCUT2D eigenvalue weighted by Crippen LogP contribution is -2.36. The van der Waals surface area contributed by atoms with E-state index in [2.05, 4.69) is 5.32 Å². The Labute approximate surface area is 82.8 Å². The Balaban J connectivity index is 2.01. The maximum absolute atomic E-state index is 11.5. The third-order valence-electron chi connectivity index (χ3n) is 2.58. The number of aliphatic hydroxyl groups is 1. The van der Waals surface area contributed by atoms with Crippen LogP contribution in [0.3, 0.4) is 0 Å². The Kier molecular flexibility index (Phi) is 2.50. The van der Waals surface area contributed by atoms with Gasteiger partial charge in [-0.25, -0.2) is 0 Å². The van der Waals surface area contributed by atoms with Gasteiger partial charge in [0, 0.05) is 6.54 Å². The van der Waals surface area contributed by atoms with E-state index in [0.717, 1.165) is 12.0 Å². The van der Waals surface area contributed by atoms with Gasteiger partial charge in [0.15, 0.2) is 0 Å². The first-order valence-corrected chi connectivity index (χ1v) is 4.79. The number of amides is 1. The molecule has 0 spiro atoms. The quantitative estimate of drug-likeness (QED) is 0.728. The number of carbonyl (C=O) groups is 1. The second kappa shape index (κ2) is 3.80. The van der Waals surface area contributed by atoms with Gasteiger partial charge in [-0.15, -0.1) is 0 Å². The minimum Gasteiger partial charge on any atom is -0.395 e. The summed E-state index contributed by atoms with van der Waals surface area (Å²) in [6.07, 6.45) is 0.827. The Morgan fingerprint density at radius 3 is 3.00 bits per heavy atom. The van der Waals surface area contributed by atoms with Gasteiger partial charge in [0.05, 0.1) is 12.5 Å². The standard InChI is InChI=1S/C11H13NO2/c13-6-5-12-11(14)10-7-8-3-1-2-4-9(8)10/h1-4,10,13H,5-7H2,(H,12,14). The molecule has 1 aliphatic rings. The molecule has 1 aromatic rings.